The third-order valence-electron chi connectivity index (χ3n) is 12.9. The lowest BCUT2D eigenvalue weighted by Crippen LogP contribution is -2.55. The van der Waals surface area contributed by atoms with Gasteiger partial charge in [0.25, 0.3) is 0 Å². The van der Waals surface area contributed by atoms with E-state index in [4.69, 9.17) is 0 Å². The summed E-state index contributed by atoms with van der Waals surface area (Å²) in [5.41, 5.74) is 0.901. The van der Waals surface area contributed by atoms with E-state index in [1.54, 1.807) is 0 Å². The third kappa shape index (κ3) is 6.88. The number of allylic oxidation sites excluding steroid dienone is 1. The highest BCUT2D eigenvalue weighted by atomic mass is 15.1. The van der Waals surface area contributed by atoms with Gasteiger partial charge in [-0.1, -0.05) is 101 Å². The maximum atomic E-state index is 4.00. The summed E-state index contributed by atoms with van der Waals surface area (Å²) in [4.78, 5) is 3.07. The van der Waals surface area contributed by atoms with Gasteiger partial charge < -0.3 is 4.81 Å². The maximum absolute atomic E-state index is 4.00. The standard InChI is InChI=1S/C37H68BN/c1-12-13-14-15-27-16-19-30(22-27)38(39(25(2)3)26(4)5)35-33-23-28(36(6,7)8)17-20-31(33)32-21-18-29(24-34(32)35)37(9,10)11/h12,25-35H,1,13-24H2,2-11H3. The molecule has 4 aliphatic rings. The highest BCUT2D eigenvalue weighted by Gasteiger charge is 2.60. The summed E-state index contributed by atoms with van der Waals surface area (Å²) in [6.45, 7) is 30.1. The second kappa shape index (κ2) is 12.6. The van der Waals surface area contributed by atoms with Crippen molar-refractivity contribution in [3.8, 4) is 0 Å². The molecule has 0 aromatic heterocycles. The zero-order chi connectivity index (χ0) is 28.7. The van der Waals surface area contributed by atoms with Crippen molar-refractivity contribution in [2.75, 3.05) is 0 Å². The summed E-state index contributed by atoms with van der Waals surface area (Å²) < 4.78 is 0. The molecule has 0 bridgehead atoms. The van der Waals surface area contributed by atoms with Crippen molar-refractivity contribution in [2.24, 2.45) is 52.3 Å². The first-order valence-corrected chi connectivity index (χ1v) is 17.6. The van der Waals surface area contributed by atoms with Gasteiger partial charge in [-0.3, -0.25) is 0 Å². The molecule has 4 saturated carbocycles. The smallest absolute Gasteiger partial charge is 0.230 e. The van der Waals surface area contributed by atoms with Crippen LogP contribution in [0, 0.1) is 52.3 Å². The molecule has 8 atom stereocenters. The first-order valence-electron chi connectivity index (χ1n) is 17.6. The Bertz CT molecular complexity index is 740. The Kier molecular flexibility index (Phi) is 10.2. The minimum absolute atomic E-state index is 0.451. The van der Waals surface area contributed by atoms with Crippen LogP contribution in [0.1, 0.15) is 146 Å². The fourth-order valence-electron chi connectivity index (χ4n) is 11.1. The van der Waals surface area contributed by atoms with Crippen LogP contribution in [0.25, 0.3) is 0 Å². The normalized spacial score (nSPS) is 37.4. The molecule has 0 aromatic carbocycles. The van der Waals surface area contributed by atoms with E-state index in [1.807, 2.05) is 0 Å². The predicted octanol–water partition coefficient (Wildman–Crippen LogP) is 11.2. The van der Waals surface area contributed by atoms with Crippen LogP contribution in [0.4, 0.5) is 0 Å². The summed E-state index contributed by atoms with van der Waals surface area (Å²) in [7, 11) is 0. The summed E-state index contributed by atoms with van der Waals surface area (Å²) >= 11 is 0. The zero-order valence-electron chi connectivity index (χ0n) is 28.1. The Morgan fingerprint density at radius 3 is 1.67 bits per heavy atom. The molecule has 4 fully saturated rings. The fraction of sp³-hybridized carbons (Fsp3) is 0.946. The van der Waals surface area contributed by atoms with E-state index in [-0.39, 0.29) is 0 Å². The largest absolute Gasteiger partial charge is 0.337 e. The second-order valence-electron chi connectivity index (χ2n) is 17.8. The van der Waals surface area contributed by atoms with Crippen LogP contribution in [-0.2, 0) is 0 Å². The van der Waals surface area contributed by atoms with Gasteiger partial charge in [0.2, 0.25) is 6.85 Å². The number of unbranched alkanes of at least 4 members (excludes halogenated alkanes) is 1. The molecule has 39 heavy (non-hydrogen) atoms. The van der Waals surface area contributed by atoms with E-state index in [9.17, 15) is 0 Å². The molecule has 8 unspecified atom stereocenters. The van der Waals surface area contributed by atoms with Crippen LogP contribution in [-0.4, -0.2) is 23.7 Å². The van der Waals surface area contributed by atoms with Gasteiger partial charge in [0.1, 0.15) is 0 Å². The van der Waals surface area contributed by atoms with Gasteiger partial charge in [-0.25, -0.2) is 0 Å². The van der Waals surface area contributed by atoms with Crippen LogP contribution >= 0.6 is 0 Å². The molecule has 0 aliphatic heterocycles. The summed E-state index contributed by atoms with van der Waals surface area (Å²) in [5.74, 6) is 8.51. The van der Waals surface area contributed by atoms with E-state index in [1.165, 1.54) is 77.0 Å². The molecule has 0 amide bonds. The molecule has 4 rings (SSSR count). The fourth-order valence-corrected chi connectivity index (χ4v) is 11.1. The van der Waals surface area contributed by atoms with Gasteiger partial charge in [0.15, 0.2) is 0 Å². The molecule has 0 spiro atoms. The average molecular weight is 538 g/mol. The first-order chi connectivity index (χ1) is 18.2. The van der Waals surface area contributed by atoms with Crippen LogP contribution in [0.2, 0.25) is 11.6 Å². The number of nitrogens with zero attached hydrogens (tertiary/aromatic N) is 1. The van der Waals surface area contributed by atoms with E-state index in [2.05, 4.69) is 86.7 Å². The maximum Gasteiger partial charge on any atom is 0.230 e. The SMILES string of the molecule is C=CCCCC1CCC(B(C2C3CC(C(C)(C)C)CCC3C3CCC(C(C)(C)C)CC32)N(C(C)C)C(C)C)C1. The lowest BCUT2D eigenvalue weighted by atomic mass is 9.35. The van der Waals surface area contributed by atoms with E-state index < -0.39 is 0 Å². The zero-order valence-corrected chi connectivity index (χ0v) is 28.1. The summed E-state index contributed by atoms with van der Waals surface area (Å²) in [6.07, 6.45) is 19.6. The second-order valence-corrected chi connectivity index (χ2v) is 17.8. The van der Waals surface area contributed by atoms with Gasteiger partial charge in [-0.15, -0.1) is 6.58 Å². The van der Waals surface area contributed by atoms with Crippen molar-refractivity contribution in [1.82, 2.24) is 4.81 Å². The van der Waals surface area contributed by atoms with Crippen molar-refractivity contribution in [1.29, 1.82) is 0 Å². The molecule has 2 heteroatoms. The summed E-state index contributed by atoms with van der Waals surface area (Å²) in [6, 6.07) is 1.27. The van der Waals surface area contributed by atoms with E-state index in [0.717, 1.165) is 59.9 Å². The third-order valence-corrected chi connectivity index (χ3v) is 12.9. The number of rotatable bonds is 9. The highest BCUT2D eigenvalue weighted by molar-refractivity contribution is 6.59. The van der Waals surface area contributed by atoms with Gasteiger partial charge in [0, 0.05) is 0 Å². The Labute approximate surface area is 246 Å². The van der Waals surface area contributed by atoms with Crippen molar-refractivity contribution >= 4 is 6.85 Å². The van der Waals surface area contributed by atoms with E-state index >= 15 is 0 Å². The molecular formula is C37H68BN. The number of hydrogen-bond acceptors (Lipinski definition) is 1. The number of fused-ring (bicyclic) bond motifs is 3. The predicted molar refractivity (Wildman–Crippen MR) is 174 cm³/mol. The van der Waals surface area contributed by atoms with Crippen molar-refractivity contribution in [3.63, 3.8) is 0 Å². The van der Waals surface area contributed by atoms with Crippen LogP contribution in [0.15, 0.2) is 12.7 Å². The minimum Gasteiger partial charge on any atom is -0.337 e. The Morgan fingerprint density at radius 1 is 0.718 bits per heavy atom. The average Bonchev–Trinajstić information content (AvgIpc) is 3.43. The Hall–Kier alpha value is -0.235. The van der Waals surface area contributed by atoms with Gasteiger partial charge >= 0.3 is 0 Å². The van der Waals surface area contributed by atoms with Gasteiger partial charge in [-0.05, 0) is 127 Å². The van der Waals surface area contributed by atoms with Gasteiger partial charge in [0.05, 0.1) is 0 Å². The molecular weight excluding hydrogens is 469 g/mol. The molecule has 0 N–H and O–H groups in total. The van der Waals surface area contributed by atoms with Crippen molar-refractivity contribution in [3.05, 3.63) is 12.7 Å². The lowest BCUT2D eigenvalue weighted by molar-refractivity contribution is 0.0722. The van der Waals surface area contributed by atoms with E-state index in [0.29, 0.717) is 22.9 Å². The van der Waals surface area contributed by atoms with Crippen molar-refractivity contribution < 1.29 is 0 Å². The number of hydrogen-bond donors (Lipinski definition) is 0. The molecule has 0 aromatic rings. The Balaban J connectivity index is 1.72. The molecule has 0 radical (unpaired) electrons. The van der Waals surface area contributed by atoms with Crippen LogP contribution in [0.3, 0.4) is 0 Å². The highest BCUT2D eigenvalue weighted by Crippen LogP contribution is 2.66. The van der Waals surface area contributed by atoms with Crippen molar-refractivity contribution in [2.45, 2.75) is 170 Å². The quantitative estimate of drug-likeness (QED) is 0.161. The summed E-state index contributed by atoms with van der Waals surface area (Å²) in [5, 5.41) is 0. The topological polar surface area (TPSA) is 3.24 Å². The molecule has 4 aliphatic carbocycles. The van der Waals surface area contributed by atoms with Crippen LogP contribution in [0.5, 0.6) is 0 Å². The van der Waals surface area contributed by atoms with Crippen LogP contribution < -0.4 is 0 Å². The molecule has 224 valence electrons. The molecule has 0 saturated heterocycles. The monoisotopic (exact) mass is 538 g/mol. The lowest BCUT2D eigenvalue weighted by Gasteiger charge is -2.49. The molecule has 0 heterocycles. The van der Waals surface area contributed by atoms with Gasteiger partial charge in [-0.2, -0.15) is 0 Å². The first kappa shape index (κ1) is 31.7. The Morgan fingerprint density at radius 2 is 1.23 bits per heavy atom. The minimum atomic E-state index is 0.451. The molecule has 1 nitrogen and oxygen atoms in total.